The van der Waals surface area contributed by atoms with E-state index in [0.29, 0.717) is 19.4 Å². The summed E-state index contributed by atoms with van der Waals surface area (Å²) in [7, 11) is 0. The first-order valence-electron chi connectivity index (χ1n) is 5.46. The normalized spacial score (nSPS) is 23.9. The SMILES string of the molecule is NCC1CCC(C(=O)c2cc(F)cc(F)c2)O1. The summed E-state index contributed by atoms with van der Waals surface area (Å²) in [6.07, 6.45) is 0.468. The Morgan fingerprint density at radius 3 is 2.47 bits per heavy atom. The van der Waals surface area contributed by atoms with Crippen molar-refractivity contribution >= 4 is 5.78 Å². The second-order valence-electron chi connectivity index (χ2n) is 4.08. The molecule has 5 heteroatoms. The van der Waals surface area contributed by atoms with Crippen LogP contribution >= 0.6 is 0 Å². The third-order valence-electron chi connectivity index (χ3n) is 2.81. The van der Waals surface area contributed by atoms with Crippen molar-refractivity contribution in [3.8, 4) is 0 Å². The van der Waals surface area contributed by atoms with Crippen molar-refractivity contribution in [2.45, 2.75) is 25.0 Å². The van der Waals surface area contributed by atoms with Gasteiger partial charge in [-0.1, -0.05) is 0 Å². The molecule has 1 fully saturated rings. The summed E-state index contributed by atoms with van der Waals surface area (Å²) < 4.78 is 31.3. The molecule has 1 heterocycles. The van der Waals surface area contributed by atoms with Gasteiger partial charge in [0.1, 0.15) is 17.7 Å². The number of benzene rings is 1. The summed E-state index contributed by atoms with van der Waals surface area (Å²) in [5, 5.41) is 0. The maximum absolute atomic E-state index is 13.0. The summed E-state index contributed by atoms with van der Waals surface area (Å²) in [6.45, 7) is 0.349. The van der Waals surface area contributed by atoms with Gasteiger partial charge in [0.2, 0.25) is 0 Å². The van der Waals surface area contributed by atoms with E-state index in [1.807, 2.05) is 0 Å². The molecule has 2 unspecified atom stereocenters. The number of nitrogens with two attached hydrogens (primary N) is 1. The summed E-state index contributed by atoms with van der Waals surface area (Å²) in [5.74, 6) is -1.91. The van der Waals surface area contributed by atoms with E-state index in [0.717, 1.165) is 18.2 Å². The molecule has 1 aliphatic rings. The van der Waals surface area contributed by atoms with Crippen molar-refractivity contribution in [2.24, 2.45) is 5.73 Å². The number of hydrogen-bond donors (Lipinski definition) is 1. The van der Waals surface area contributed by atoms with E-state index < -0.39 is 17.7 Å². The van der Waals surface area contributed by atoms with Crippen molar-refractivity contribution in [2.75, 3.05) is 6.54 Å². The van der Waals surface area contributed by atoms with Crippen LogP contribution < -0.4 is 5.73 Å². The maximum Gasteiger partial charge on any atom is 0.191 e. The van der Waals surface area contributed by atoms with E-state index in [1.54, 1.807) is 0 Å². The molecule has 0 aliphatic carbocycles. The molecule has 0 saturated carbocycles. The number of halogens is 2. The van der Waals surface area contributed by atoms with Crippen LogP contribution in [0.1, 0.15) is 23.2 Å². The van der Waals surface area contributed by atoms with Crippen LogP contribution in [0.5, 0.6) is 0 Å². The van der Waals surface area contributed by atoms with E-state index in [9.17, 15) is 13.6 Å². The molecule has 1 aromatic rings. The number of hydrogen-bond acceptors (Lipinski definition) is 3. The third-order valence-corrected chi connectivity index (χ3v) is 2.81. The van der Waals surface area contributed by atoms with Gasteiger partial charge in [-0.25, -0.2) is 8.78 Å². The van der Waals surface area contributed by atoms with Crippen LogP contribution in [0, 0.1) is 11.6 Å². The highest BCUT2D eigenvalue weighted by atomic mass is 19.1. The molecule has 0 spiro atoms. The number of carbonyl (C=O) groups is 1. The van der Waals surface area contributed by atoms with Gasteiger partial charge in [0, 0.05) is 18.2 Å². The molecule has 3 nitrogen and oxygen atoms in total. The van der Waals surface area contributed by atoms with Crippen LogP contribution in [0.3, 0.4) is 0 Å². The highest BCUT2D eigenvalue weighted by molar-refractivity contribution is 5.99. The van der Waals surface area contributed by atoms with E-state index in [4.69, 9.17) is 10.5 Å². The van der Waals surface area contributed by atoms with Crippen molar-refractivity contribution in [3.05, 3.63) is 35.4 Å². The molecular weight excluding hydrogens is 228 g/mol. The summed E-state index contributed by atoms with van der Waals surface area (Å²) in [4.78, 5) is 11.9. The largest absolute Gasteiger partial charge is 0.366 e. The minimum Gasteiger partial charge on any atom is -0.366 e. The van der Waals surface area contributed by atoms with Crippen molar-refractivity contribution < 1.29 is 18.3 Å². The number of ether oxygens (including phenoxy) is 1. The molecule has 2 rings (SSSR count). The Bertz CT molecular complexity index is 416. The van der Waals surface area contributed by atoms with Crippen LogP contribution in [-0.2, 0) is 4.74 Å². The standard InChI is InChI=1S/C12H13F2NO2/c13-8-3-7(4-9(14)5-8)12(16)11-2-1-10(6-15)17-11/h3-5,10-11H,1-2,6,15H2. The van der Waals surface area contributed by atoms with Crippen molar-refractivity contribution in [1.29, 1.82) is 0 Å². The van der Waals surface area contributed by atoms with E-state index in [1.165, 1.54) is 0 Å². The molecule has 0 radical (unpaired) electrons. The average molecular weight is 241 g/mol. The molecule has 92 valence electrons. The van der Waals surface area contributed by atoms with E-state index >= 15 is 0 Å². The summed E-state index contributed by atoms with van der Waals surface area (Å²) in [5.41, 5.74) is 5.43. The van der Waals surface area contributed by atoms with Crippen LogP contribution in [0.4, 0.5) is 8.78 Å². The predicted octanol–water partition coefficient (Wildman–Crippen LogP) is 1.65. The zero-order chi connectivity index (χ0) is 12.4. The highest BCUT2D eigenvalue weighted by Crippen LogP contribution is 2.23. The first-order chi connectivity index (χ1) is 8.10. The van der Waals surface area contributed by atoms with Gasteiger partial charge in [-0.3, -0.25) is 4.79 Å². The topological polar surface area (TPSA) is 52.3 Å². The molecule has 0 amide bonds. The molecular formula is C12H13F2NO2. The number of carbonyl (C=O) groups excluding carboxylic acids is 1. The van der Waals surface area contributed by atoms with Gasteiger partial charge in [0.05, 0.1) is 6.10 Å². The molecule has 2 N–H and O–H groups in total. The van der Waals surface area contributed by atoms with Crippen molar-refractivity contribution in [1.82, 2.24) is 0 Å². The Morgan fingerprint density at radius 1 is 1.29 bits per heavy atom. The fourth-order valence-corrected chi connectivity index (χ4v) is 1.95. The lowest BCUT2D eigenvalue weighted by Gasteiger charge is -2.11. The number of rotatable bonds is 3. The number of ketones is 1. The maximum atomic E-state index is 13.0. The molecule has 1 saturated heterocycles. The Kier molecular flexibility index (Phi) is 3.49. The molecule has 1 aliphatic heterocycles. The lowest BCUT2D eigenvalue weighted by atomic mass is 10.0. The van der Waals surface area contributed by atoms with E-state index in [-0.39, 0.29) is 17.5 Å². The molecule has 2 atom stereocenters. The van der Waals surface area contributed by atoms with Gasteiger partial charge in [-0.15, -0.1) is 0 Å². The first-order valence-corrected chi connectivity index (χ1v) is 5.46. The minimum atomic E-state index is -0.762. The summed E-state index contributed by atoms with van der Waals surface area (Å²) >= 11 is 0. The van der Waals surface area contributed by atoms with Gasteiger partial charge in [0.15, 0.2) is 5.78 Å². The molecule has 1 aromatic carbocycles. The summed E-state index contributed by atoms with van der Waals surface area (Å²) in [6, 6.07) is 2.77. The Labute approximate surface area is 97.6 Å². The lowest BCUT2D eigenvalue weighted by molar-refractivity contribution is 0.0403. The fourth-order valence-electron chi connectivity index (χ4n) is 1.95. The van der Waals surface area contributed by atoms with Gasteiger partial charge in [-0.2, -0.15) is 0 Å². The zero-order valence-electron chi connectivity index (χ0n) is 9.16. The monoisotopic (exact) mass is 241 g/mol. The Balaban J connectivity index is 2.14. The van der Waals surface area contributed by atoms with Gasteiger partial charge < -0.3 is 10.5 Å². The Hall–Kier alpha value is -1.33. The van der Waals surface area contributed by atoms with Crippen LogP contribution in [0.25, 0.3) is 0 Å². The minimum absolute atomic E-state index is 0.00479. The van der Waals surface area contributed by atoms with Gasteiger partial charge in [-0.05, 0) is 25.0 Å². The van der Waals surface area contributed by atoms with Crippen molar-refractivity contribution in [3.63, 3.8) is 0 Å². The highest BCUT2D eigenvalue weighted by Gasteiger charge is 2.30. The van der Waals surface area contributed by atoms with Crippen LogP contribution in [0.15, 0.2) is 18.2 Å². The third kappa shape index (κ3) is 2.68. The average Bonchev–Trinajstić information content (AvgIpc) is 2.75. The second-order valence-corrected chi connectivity index (χ2v) is 4.08. The molecule has 17 heavy (non-hydrogen) atoms. The molecule has 0 aromatic heterocycles. The van der Waals surface area contributed by atoms with Crippen LogP contribution in [0.2, 0.25) is 0 Å². The van der Waals surface area contributed by atoms with Gasteiger partial charge >= 0.3 is 0 Å². The second kappa shape index (κ2) is 4.89. The predicted molar refractivity (Wildman–Crippen MR) is 57.6 cm³/mol. The first kappa shape index (κ1) is 12.1. The van der Waals surface area contributed by atoms with Gasteiger partial charge in [0.25, 0.3) is 0 Å². The quantitative estimate of drug-likeness (QED) is 0.819. The zero-order valence-corrected chi connectivity index (χ0v) is 9.16. The fraction of sp³-hybridized carbons (Fsp3) is 0.417. The number of Topliss-reactive ketones (excluding diaryl/α,β-unsaturated/α-hetero) is 1. The molecule has 0 bridgehead atoms. The Morgan fingerprint density at radius 2 is 1.94 bits per heavy atom. The lowest BCUT2D eigenvalue weighted by Crippen LogP contribution is -2.25. The van der Waals surface area contributed by atoms with E-state index in [2.05, 4.69) is 0 Å². The smallest absolute Gasteiger partial charge is 0.191 e. The van der Waals surface area contributed by atoms with Crippen LogP contribution in [-0.4, -0.2) is 24.5 Å².